The van der Waals surface area contributed by atoms with Gasteiger partial charge in [0.2, 0.25) is 0 Å². The summed E-state index contributed by atoms with van der Waals surface area (Å²) in [6.07, 6.45) is -3.53. The molecule has 2 aromatic carbocycles. The summed E-state index contributed by atoms with van der Waals surface area (Å²) >= 11 is 0. The van der Waals surface area contributed by atoms with E-state index in [9.17, 15) is 13.2 Å². The number of ether oxygens (including phenoxy) is 3. The van der Waals surface area contributed by atoms with Crippen molar-refractivity contribution in [1.82, 2.24) is 9.97 Å². The molecule has 0 radical (unpaired) electrons. The summed E-state index contributed by atoms with van der Waals surface area (Å²) in [5, 5.41) is 3.85. The highest BCUT2D eigenvalue weighted by atomic mass is 19.4. The smallest absolute Gasteiger partial charge is 0.416 e. The number of anilines is 1. The van der Waals surface area contributed by atoms with Gasteiger partial charge in [0.25, 0.3) is 0 Å². The predicted molar refractivity (Wildman–Crippen MR) is 119 cm³/mol. The molecule has 6 nitrogen and oxygen atoms in total. The Morgan fingerprint density at radius 2 is 2.00 bits per heavy atom. The first-order valence-electron chi connectivity index (χ1n) is 10.8. The Morgan fingerprint density at radius 1 is 1.18 bits per heavy atom. The molecule has 0 aliphatic carbocycles. The largest absolute Gasteiger partial charge is 0.493 e. The van der Waals surface area contributed by atoms with Gasteiger partial charge < -0.3 is 19.5 Å². The molecule has 1 aliphatic rings. The van der Waals surface area contributed by atoms with Gasteiger partial charge in [0, 0.05) is 30.5 Å². The molecule has 9 heteroatoms. The fourth-order valence-corrected chi connectivity index (χ4v) is 3.90. The summed E-state index contributed by atoms with van der Waals surface area (Å²) in [5.41, 5.74) is 0.458. The van der Waals surface area contributed by atoms with Gasteiger partial charge in [-0.25, -0.2) is 9.97 Å². The van der Waals surface area contributed by atoms with Crippen molar-refractivity contribution in [1.29, 1.82) is 0 Å². The van der Waals surface area contributed by atoms with E-state index in [4.69, 9.17) is 14.2 Å². The number of methoxy groups -OCH3 is 1. The van der Waals surface area contributed by atoms with Gasteiger partial charge in [0.15, 0.2) is 11.5 Å². The fraction of sp³-hybridized carbons (Fsp3) is 0.417. The van der Waals surface area contributed by atoms with Crippen molar-refractivity contribution in [2.75, 3.05) is 25.6 Å². The summed E-state index contributed by atoms with van der Waals surface area (Å²) < 4.78 is 56.4. The van der Waals surface area contributed by atoms with E-state index in [-0.39, 0.29) is 18.6 Å². The van der Waals surface area contributed by atoms with Crippen molar-refractivity contribution < 1.29 is 27.4 Å². The van der Waals surface area contributed by atoms with Gasteiger partial charge in [-0.2, -0.15) is 13.2 Å². The monoisotopic (exact) mass is 461 g/mol. The summed E-state index contributed by atoms with van der Waals surface area (Å²) in [6, 6.07) is 8.82. The zero-order valence-electron chi connectivity index (χ0n) is 18.7. The molecule has 0 bridgehead atoms. The number of alkyl halides is 3. The van der Waals surface area contributed by atoms with Crippen molar-refractivity contribution in [3.63, 3.8) is 0 Å². The van der Waals surface area contributed by atoms with E-state index in [2.05, 4.69) is 15.3 Å². The third kappa shape index (κ3) is 5.30. The van der Waals surface area contributed by atoms with E-state index < -0.39 is 11.7 Å². The van der Waals surface area contributed by atoms with Crippen molar-refractivity contribution in [3.8, 4) is 11.5 Å². The lowest BCUT2D eigenvalue weighted by Gasteiger charge is -2.22. The molecular formula is C24H26F3N3O3. The zero-order chi connectivity index (χ0) is 23.6. The fourth-order valence-electron chi connectivity index (χ4n) is 3.90. The highest BCUT2D eigenvalue weighted by Crippen LogP contribution is 2.36. The Bertz CT molecular complexity index is 1130. The van der Waals surface area contributed by atoms with E-state index in [0.29, 0.717) is 46.2 Å². The number of hydrogen-bond donors (Lipinski definition) is 1. The second-order valence-electron chi connectivity index (χ2n) is 8.14. The molecular weight excluding hydrogens is 435 g/mol. The third-order valence-corrected chi connectivity index (χ3v) is 5.75. The van der Waals surface area contributed by atoms with Crippen LogP contribution in [0, 0.1) is 12.8 Å². The molecule has 1 aromatic heterocycles. The second kappa shape index (κ2) is 9.43. The number of benzene rings is 2. The third-order valence-electron chi connectivity index (χ3n) is 5.75. The zero-order valence-corrected chi connectivity index (χ0v) is 18.7. The number of nitrogens with one attached hydrogen (secondary N) is 1. The van der Waals surface area contributed by atoms with E-state index in [1.807, 2.05) is 13.0 Å². The molecule has 1 saturated heterocycles. The van der Waals surface area contributed by atoms with E-state index in [0.717, 1.165) is 25.2 Å². The molecule has 3 aromatic rings. The van der Waals surface area contributed by atoms with Crippen LogP contribution in [0.2, 0.25) is 0 Å². The molecule has 0 amide bonds. The van der Waals surface area contributed by atoms with E-state index in [1.165, 1.54) is 6.07 Å². The lowest BCUT2D eigenvalue weighted by Crippen LogP contribution is -2.24. The van der Waals surface area contributed by atoms with Crippen molar-refractivity contribution in [3.05, 3.63) is 53.3 Å². The SMILES string of the molecule is COc1cc2nc(C)nc(NCc3cccc(C(F)(F)F)c3)c2cc1OC(C)[C@H]1CCOC1. The normalized spacial score (nSPS) is 17.2. The highest BCUT2D eigenvalue weighted by Gasteiger charge is 2.30. The molecule has 176 valence electrons. The predicted octanol–water partition coefficient (Wildman–Crippen LogP) is 5.38. The molecule has 1 fully saturated rings. The molecule has 2 atom stereocenters. The number of halogens is 3. The quantitative estimate of drug-likeness (QED) is 0.510. The van der Waals surface area contributed by atoms with Gasteiger partial charge in [-0.15, -0.1) is 0 Å². The molecule has 1 N–H and O–H groups in total. The van der Waals surface area contributed by atoms with Crippen LogP contribution in [0.15, 0.2) is 36.4 Å². The number of rotatable bonds is 7. The molecule has 0 spiro atoms. The van der Waals surface area contributed by atoms with Crippen molar-refractivity contribution in [2.24, 2.45) is 5.92 Å². The first-order chi connectivity index (χ1) is 15.7. The average Bonchev–Trinajstić information content (AvgIpc) is 3.32. The molecule has 0 saturated carbocycles. The van der Waals surface area contributed by atoms with Crippen LogP contribution in [0.3, 0.4) is 0 Å². The highest BCUT2D eigenvalue weighted by molar-refractivity contribution is 5.91. The lowest BCUT2D eigenvalue weighted by molar-refractivity contribution is -0.137. The van der Waals surface area contributed by atoms with Crippen LogP contribution in [-0.4, -0.2) is 36.4 Å². The van der Waals surface area contributed by atoms with Crippen LogP contribution >= 0.6 is 0 Å². The van der Waals surface area contributed by atoms with E-state index >= 15 is 0 Å². The van der Waals surface area contributed by atoms with Crippen LogP contribution < -0.4 is 14.8 Å². The average molecular weight is 461 g/mol. The first kappa shape index (κ1) is 23.1. The van der Waals surface area contributed by atoms with Gasteiger partial charge in [-0.3, -0.25) is 0 Å². The van der Waals surface area contributed by atoms with Gasteiger partial charge in [-0.1, -0.05) is 12.1 Å². The number of nitrogens with zero attached hydrogens (tertiary/aromatic N) is 2. The number of fused-ring (bicyclic) bond motifs is 1. The Labute approximate surface area is 190 Å². The summed E-state index contributed by atoms with van der Waals surface area (Å²) in [5.74, 6) is 2.44. The first-order valence-corrected chi connectivity index (χ1v) is 10.8. The number of aromatic nitrogens is 2. The van der Waals surface area contributed by atoms with Gasteiger partial charge in [0.05, 0.1) is 24.8 Å². The summed E-state index contributed by atoms with van der Waals surface area (Å²) in [7, 11) is 1.57. The molecule has 1 aliphatic heterocycles. The van der Waals surface area contributed by atoms with Crippen LogP contribution in [0.1, 0.15) is 30.3 Å². The Morgan fingerprint density at radius 3 is 2.70 bits per heavy atom. The van der Waals surface area contributed by atoms with Crippen LogP contribution in [0.25, 0.3) is 10.9 Å². The lowest BCUT2D eigenvalue weighted by atomic mass is 10.0. The topological polar surface area (TPSA) is 65.5 Å². The maximum Gasteiger partial charge on any atom is 0.416 e. The van der Waals surface area contributed by atoms with Crippen LogP contribution in [0.4, 0.5) is 19.0 Å². The van der Waals surface area contributed by atoms with Crippen LogP contribution in [-0.2, 0) is 17.5 Å². The minimum atomic E-state index is -4.39. The van der Waals surface area contributed by atoms with Crippen molar-refractivity contribution >= 4 is 16.7 Å². The molecule has 2 heterocycles. The maximum absolute atomic E-state index is 13.0. The maximum atomic E-state index is 13.0. The van der Waals surface area contributed by atoms with Gasteiger partial charge in [0.1, 0.15) is 17.7 Å². The molecule has 33 heavy (non-hydrogen) atoms. The Kier molecular flexibility index (Phi) is 6.60. The molecule has 4 rings (SSSR count). The second-order valence-corrected chi connectivity index (χ2v) is 8.14. The Hall–Kier alpha value is -3.07. The van der Waals surface area contributed by atoms with Crippen LogP contribution in [0.5, 0.6) is 11.5 Å². The molecule has 1 unspecified atom stereocenters. The number of hydrogen-bond acceptors (Lipinski definition) is 6. The number of aryl methyl sites for hydroxylation is 1. The summed E-state index contributed by atoms with van der Waals surface area (Å²) in [4.78, 5) is 8.97. The minimum Gasteiger partial charge on any atom is -0.493 e. The minimum absolute atomic E-state index is 0.0771. The Balaban J connectivity index is 1.63. The van der Waals surface area contributed by atoms with Gasteiger partial charge in [-0.05, 0) is 44.0 Å². The van der Waals surface area contributed by atoms with Gasteiger partial charge >= 0.3 is 6.18 Å². The standard InChI is InChI=1S/C24H26F3N3O3/c1-14(17-7-8-32-13-17)33-22-10-19-20(11-21(22)31-3)29-15(2)30-23(19)28-12-16-5-4-6-18(9-16)24(25,26)27/h4-6,9-11,14,17H,7-8,12-13H2,1-3H3,(H,28,29,30)/t14?,17-/m0/s1. The van der Waals surface area contributed by atoms with E-state index in [1.54, 1.807) is 26.2 Å². The summed E-state index contributed by atoms with van der Waals surface area (Å²) in [6.45, 7) is 5.32. The van der Waals surface area contributed by atoms with Crippen molar-refractivity contribution in [2.45, 2.75) is 39.1 Å².